The van der Waals surface area contributed by atoms with Crippen LogP contribution in [0.1, 0.15) is 12.0 Å². The van der Waals surface area contributed by atoms with Crippen LogP contribution in [0, 0.1) is 5.92 Å². The summed E-state index contributed by atoms with van der Waals surface area (Å²) >= 11 is 0. The second kappa shape index (κ2) is 7.54. The van der Waals surface area contributed by atoms with Gasteiger partial charge in [-0.05, 0) is 12.0 Å². The lowest BCUT2D eigenvalue weighted by Crippen LogP contribution is -2.47. The van der Waals surface area contributed by atoms with E-state index in [1.165, 1.54) is 0 Å². The lowest BCUT2D eigenvalue weighted by Gasteiger charge is -2.27. The summed E-state index contributed by atoms with van der Waals surface area (Å²) < 4.78 is 10.9. The predicted molar refractivity (Wildman–Crippen MR) is 80.9 cm³/mol. The first kappa shape index (κ1) is 15.9. The molecule has 1 aliphatic rings. The molecule has 116 valence electrons. The van der Waals surface area contributed by atoms with Crippen LogP contribution in [0.3, 0.4) is 0 Å². The van der Waals surface area contributed by atoms with Crippen LogP contribution in [-0.4, -0.2) is 44.9 Å². The highest BCUT2D eigenvalue weighted by atomic mass is 16.5. The van der Waals surface area contributed by atoms with Gasteiger partial charge >= 0.3 is 0 Å². The molecule has 1 aromatic carbocycles. The molecular formula is C16H24N2O3. The van der Waals surface area contributed by atoms with Gasteiger partial charge in [0, 0.05) is 33.2 Å². The summed E-state index contributed by atoms with van der Waals surface area (Å²) in [5, 5.41) is 2.96. The lowest BCUT2D eigenvalue weighted by molar-refractivity contribution is -0.126. The maximum Gasteiger partial charge on any atom is 0.224 e. The monoisotopic (exact) mass is 292 g/mol. The van der Waals surface area contributed by atoms with E-state index in [2.05, 4.69) is 5.32 Å². The van der Waals surface area contributed by atoms with Crippen molar-refractivity contribution in [2.75, 3.05) is 33.4 Å². The molecular weight excluding hydrogens is 268 g/mol. The molecule has 5 heteroatoms. The molecule has 0 aliphatic carbocycles. The average Bonchev–Trinajstić information content (AvgIpc) is 3.01. The van der Waals surface area contributed by atoms with Gasteiger partial charge < -0.3 is 20.5 Å². The van der Waals surface area contributed by atoms with E-state index in [0.717, 1.165) is 12.0 Å². The molecule has 1 saturated heterocycles. The van der Waals surface area contributed by atoms with E-state index in [4.69, 9.17) is 15.2 Å². The van der Waals surface area contributed by atoms with Crippen molar-refractivity contribution >= 4 is 5.91 Å². The van der Waals surface area contributed by atoms with Crippen molar-refractivity contribution in [2.24, 2.45) is 11.7 Å². The number of amides is 1. The average molecular weight is 292 g/mol. The number of carbonyl (C=O) groups excluding carboxylic acids is 1. The molecule has 0 spiro atoms. The minimum absolute atomic E-state index is 0.0234. The lowest BCUT2D eigenvalue weighted by atomic mass is 9.97. The number of rotatable bonds is 7. The molecule has 0 saturated carbocycles. The fraction of sp³-hybridized carbons (Fsp3) is 0.562. The Hall–Kier alpha value is -1.43. The molecule has 1 amide bonds. The molecule has 0 aromatic heterocycles. The largest absolute Gasteiger partial charge is 0.378 e. The van der Waals surface area contributed by atoms with Gasteiger partial charge in [-0.1, -0.05) is 30.3 Å². The van der Waals surface area contributed by atoms with E-state index in [0.29, 0.717) is 32.7 Å². The molecule has 0 radical (unpaired) electrons. The van der Waals surface area contributed by atoms with Gasteiger partial charge in [0.15, 0.2) is 0 Å². The van der Waals surface area contributed by atoms with Gasteiger partial charge in [-0.3, -0.25) is 4.79 Å². The highest BCUT2D eigenvalue weighted by molar-refractivity contribution is 5.79. The number of nitrogens with two attached hydrogens (primary N) is 1. The van der Waals surface area contributed by atoms with Gasteiger partial charge in [0.25, 0.3) is 0 Å². The molecule has 5 nitrogen and oxygen atoms in total. The van der Waals surface area contributed by atoms with Crippen LogP contribution >= 0.6 is 0 Å². The summed E-state index contributed by atoms with van der Waals surface area (Å²) in [5.41, 5.74) is 6.49. The van der Waals surface area contributed by atoms with Crippen LogP contribution in [0.4, 0.5) is 0 Å². The molecule has 2 unspecified atom stereocenters. The zero-order chi connectivity index (χ0) is 15.1. The Morgan fingerprint density at radius 3 is 2.81 bits per heavy atom. The highest BCUT2D eigenvalue weighted by Crippen LogP contribution is 2.21. The van der Waals surface area contributed by atoms with Crippen LogP contribution in [-0.2, 0) is 20.7 Å². The Morgan fingerprint density at radius 1 is 1.48 bits per heavy atom. The third-order valence-corrected chi connectivity index (χ3v) is 4.07. The summed E-state index contributed by atoms with van der Waals surface area (Å²) in [7, 11) is 1.66. The summed E-state index contributed by atoms with van der Waals surface area (Å²) in [5.74, 6) is -0.242. The van der Waals surface area contributed by atoms with E-state index < -0.39 is 0 Å². The fourth-order valence-corrected chi connectivity index (χ4v) is 2.54. The zero-order valence-corrected chi connectivity index (χ0v) is 12.5. The topological polar surface area (TPSA) is 73.6 Å². The van der Waals surface area contributed by atoms with Crippen molar-refractivity contribution < 1.29 is 14.3 Å². The zero-order valence-electron chi connectivity index (χ0n) is 12.5. The number of hydrogen-bond donors (Lipinski definition) is 2. The first-order chi connectivity index (χ1) is 10.2. The van der Waals surface area contributed by atoms with Gasteiger partial charge in [-0.15, -0.1) is 0 Å². The van der Waals surface area contributed by atoms with E-state index in [-0.39, 0.29) is 17.4 Å². The van der Waals surface area contributed by atoms with Crippen molar-refractivity contribution in [2.45, 2.75) is 18.4 Å². The van der Waals surface area contributed by atoms with E-state index in [1.54, 1.807) is 7.11 Å². The van der Waals surface area contributed by atoms with Gasteiger partial charge in [-0.2, -0.15) is 0 Å². The fourth-order valence-electron chi connectivity index (χ4n) is 2.54. The van der Waals surface area contributed by atoms with Crippen molar-refractivity contribution in [1.82, 2.24) is 5.32 Å². The molecule has 2 rings (SSSR count). The number of methoxy groups -OCH3 is 1. The van der Waals surface area contributed by atoms with Gasteiger partial charge in [0.2, 0.25) is 5.91 Å². The number of hydrogen-bond acceptors (Lipinski definition) is 4. The SMILES string of the molecule is COC1(CNC(=O)C(CN)Cc2ccccc2)CCOC1. The van der Waals surface area contributed by atoms with Crippen LogP contribution in [0.2, 0.25) is 0 Å². The van der Waals surface area contributed by atoms with Crippen molar-refractivity contribution in [3.63, 3.8) is 0 Å². The van der Waals surface area contributed by atoms with Crippen LogP contribution in [0.5, 0.6) is 0 Å². The van der Waals surface area contributed by atoms with Crippen LogP contribution < -0.4 is 11.1 Å². The summed E-state index contributed by atoms with van der Waals surface area (Å²) in [6, 6.07) is 9.92. The maximum absolute atomic E-state index is 12.3. The second-order valence-electron chi connectivity index (χ2n) is 5.53. The minimum Gasteiger partial charge on any atom is -0.378 e. The molecule has 2 atom stereocenters. The summed E-state index contributed by atoms with van der Waals surface area (Å²) in [6.07, 6.45) is 1.45. The number of nitrogens with one attached hydrogen (secondary N) is 1. The van der Waals surface area contributed by atoms with Crippen molar-refractivity contribution in [3.8, 4) is 0 Å². The van der Waals surface area contributed by atoms with Gasteiger partial charge in [-0.25, -0.2) is 0 Å². The number of benzene rings is 1. The van der Waals surface area contributed by atoms with E-state index in [9.17, 15) is 4.79 Å². The van der Waals surface area contributed by atoms with Crippen molar-refractivity contribution in [1.29, 1.82) is 0 Å². The van der Waals surface area contributed by atoms with Gasteiger partial charge in [0.1, 0.15) is 5.60 Å². The molecule has 1 aromatic rings. The van der Waals surface area contributed by atoms with E-state index >= 15 is 0 Å². The minimum atomic E-state index is -0.387. The Balaban J connectivity index is 1.88. The Morgan fingerprint density at radius 2 is 2.24 bits per heavy atom. The molecule has 1 heterocycles. The first-order valence-corrected chi connectivity index (χ1v) is 7.34. The molecule has 0 bridgehead atoms. The smallest absolute Gasteiger partial charge is 0.224 e. The quantitative estimate of drug-likeness (QED) is 0.777. The normalized spacial score (nSPS) is 23.0. The molecule has 1 fully saturated rings. The number of ether oxygens (including phenoxy) is 2. The first-order valence-electron chi connectivity index (χ1n) is 7.34. The highest BCUT2D eigenvalue weighted by Gasteiger charge is 2.35. The Kier molecular flexibility index (Phi) is 5.73. The number of carbonyl (C=O) groups is 1. The second-order valence-corrected chi connectivity index (χ2v) is 5.53. The Bertz CT molecular complexity index is 444. The third kappa shape index (κ3) is 4.27. The summed E-state index contributed by atoms with van der Waals surface area (Å²) in [6.45, 7) is 1.99. The Labute approximate surface area is 125 Å². The maximum atomic E-state index is 12.3. The van der Waals surface area contributed by atoms with E-state index in [1.807, 2.05) is 30.3 Å². The van der Waals surface area contributed by atoms with Gasteiger partial charge in [0.05, 0.1) is 12.5 Å². The summed E-state index contributed by atoms with van der Waals surface area (Å²) in [4.78, 5) is 12.3. The standard InChI is InChI=1S/C16H24N2O3/c1-20-16(7-8-21-12-16)11-18-15(19)14(10-17)9-13-5-3-2-4-6-13/h2-6,14H,7-12,17H2,1H3,(H,18,19). The third-order valence-electron chi connectivity index (χ3n) is 4.07. The van der Waals surface area contributed by atoms with Crippen LogP contribution in [0.25, 0.3) is 0 Å². The van der Waals surface area contributed by atoms with Crippen molar-refractivity contribution in [3.05, 3.63) is 35.9 Å². The molecule has 1 aliphatic heterocycles. The molecule has 3 N–H and O–H groups in total. The van der Waals surface area contributed by atoms with Crippen LogP contribution in [0.15, 0.2) is 30.3 Å². The molecule has 21 heavy (non-hydrogen) atoms. The predicted octanol–water partition coefficient (Wildman–Crippen LogP) is 0.726.